The highest BCUT2D eigenvalue weighted by atomic mass is 16.2. The molecule has 0 aromatic heterocycles. The molecule has 3 aliphatic heterocycles. The third kappa shape index (κ3) is 2.50. The van der Waals surface area contributed by atoms with Crippen molar-refractivity contribution in [1.82, 2.24) is 9.80 Å². The molecule has 0 saturated carbocycles. The van der Waals surface area contributed by atoms with Gasteiger partial charge in [-0.15, -0.1) is 0 Å². The van der Waals surface area contributed by atoms with E-state index in [0.717, 1.165) is 48.6 Å². The van der Waals surface area contributed by atoms with Gasteiger partial charge in [-0.05, 0) is 51.2 Å². The monoisotopic (exact) mass is 351 g/mol. The maximum absolute atomic E-state index is 12.8. The van der Waals surface area contributed by atoms with Crippen LogP contribution in [0.15, 0.2) is 24.4 Å². The number of anilines is 1. The normalized spacial score (nSPS) is 22.2. The number of benzene rings is 1. The molecule has 0 aliphatic carbocycles. The lowest BCUT2D eigenvalue weighted by molar-refractivity contribution is -0.115. The average molecular weight is 351 g/mol. The Labute approximate surface area is 154 Å². The smallest absolute Gasteiger partial charge is 0.300 e. The first-order valence-corrected chi connectivity index (χ1v) is 9.16. The zero-order chi connectivity index (χ0) is 18.6. The number of carbonyl (C=O) groups excluding carboxylic acids is 2. The van der Waals surface area contributed by atoms with Gasteiger partial charge in [0.05, 0.1) is 16.8 Å². The number of hydrogen-bond donors (Lipinski definition) is 0. The first-order chi connectivity index (χ1) is 12.3. The predicted molar refractivity (Wildman–Crippen MR) is 104 cm³/mol. The van der Waals surface area contributed by atoms with E-state index in [1.807, 2.05) is 39.0 Å². The number of amides is 1. The Morgan fingerprint density at radius 2 is 1.77 bits per heavy atom. The summed E-state index contributed by atoms with van der Waals surface area (Å²) < 4.78 is 0. The van der Waals surface area contributed by atoms with Gasteiger partial charge in [-0.25, -0.2) is 0 Å². The molecule has 1 amide bonds. The van der Waals surface area contributed by atoms with Crippen LogP contribution in [0.25, 0.3) is 11.6 Å². The van der Waals surface area contributed by atoms with Gasteiger partial charge in [-0.2, -0.15) is 0 Å². The minimum atomic E-state index is -0.491. The summed E-state index contributed by atoms with van der Waals surface area (Å²) in [7, 11) is 2.13. The van der Waals surface area contributed by atoms with Crippen LogP contribution in [0.4, 0.5) is 5.69 Å². The second-order valence-corrected chi connectivity index (χ2v) is 8.03. The Hall–Kier alpha value is -2.40. The molecule has 4 rings (SSSR count). The zero-order valence-electron chi connectivity index (χ0n) is 15.9. The minimum Gasteiger partial charge on any atom is -0.375 e. The number of rotatable bonds is 2. The summed E-state index contributed by atoms with van der Waals surface area (Å²) in [5, 5.41) is 0. The van der Waals surface area contributed by atoms with Gasteiger partial charge < -0.3 is 9.80 Å². The Bertz CT molecular complexity index is 858. The van der Waals surface area contributed by atoms with E-state index in [4.69, 9.17) is 0 Å². The van der Waals surface area contributed by atoms with Crippen molar-refractivity contribution in [2.75, 3.05) is 38.1 Å². The van der Waals surface area contributed by atoms with Crippen LogP contribution in [-0.2, 0) is 4.79 Å². The van der Waals surface area contributed by atoms with Gasteiger partial charge in [0.25, 0.3) is 11.7 Å². The fourth-order valence-corrected chi connectivity index (χ4v) is 4.22. The number of ketones is 1. The standard InChI is InChI=1S/C21H25N3O2/c1-14-13-21(2,3)24-18-16(14)6-5-15(17(18)19(25)20(24)26)7-8-23-11-9-22(4)10-12-23/h5-8,13H,9-12H2,1-4H3/b8-7+. The summed E-state index contributed by atoms with van der Waals surface area (Å²) in [6.45, 7) is 10.0. The summed E-state index contributed by atoms with van der Waals surface area (Å²) in [6.07, 6.45) is 6.11. The lowest BCUT2D eigenvalue weighted by Crippen LogP contribution is -2.47. The van der Waals surface area contributed by atoms with Crippen molar-refractivity contribution in [2.45, 2.75) is 26.3 Å². The van der Waals surface area contributed by atoms with Crippen LogP contribution in [0.3, 0.4) is 0 Å². The van der Waals surface area contributed by atoms with E-state index in [0.29, 0.717) is 5.56 Å². The van der Waals surface area contributed by atoms with E-state index in [9.17, 15) is 9.59 Å². The summed E-state index contributed by atoms with van der Waals surface area (Å²) in [5.41, 5.74) is 3.77. The van der Waals surface area contributed by atoms with Gasteiger partial charge in [0.15, 0.2) is 0 Å². The van der Waals surface area contributed by atoms with Gasteiger partial charge >= 0.3 is 0 Å². The molecule has 3 heterocycles. The van der Waals surface area contributed by atoms with E-state index < -0.39 is 17.2 Å². The van der Waals surface area contributed by atoms with Crippen LogP contribution < -0.4 is 4.90 Å². The molecule has 5 heteroatoms. The molecule has 1 aromatic carbocycles. The minimum absolute atomic E-state index is 0.393. The Morgan fingerprint density at radius 1 is 1.08 bits per heavy atom. The Balaban J connectivity index is 1.76. The molecule has 3 aliphatic rings. The fraction of sp³-hybridized carbons (Fsp3) is 0.429. The van der Waals surface area contributed by atoms with Gasteiger partial charge in [0, 0.05) is 31.7 Å². The molecule has 0 N–H and O–H groups in total. The number of carbonyl (C=O) groups is 2. The number of piperazine rings is 1. The third-order valence-corrected chi connectivity index (χ3v) is 5.63. The third-order valence-electron chi connectivity index (χ3n) is 5.63. The molecule has 0 unspecified atom stereocenters. The molecule has 0 radical (unpaired) electrons. The van der Waals surface area contributed by atoms with E-state index >= 15 is 0 Å². The van der Waals surface area contributed by atoms with Gasteiger partial charge in [0.1, 0.15) is 0 Å². The first kappa shape index (κ1) is 17.0. The lowest BCUT2D eigenvalue weighted by Gasteiger charge is -2.38. The van der Waals surface area contributed by atoms with Crippen LogP contribution in [0.1, 0.15) is 42.3 Å². The Morgan fingerprint density at radius 3 is 2.46 bits per heavy atom. The van der Waals surface area contributed by atoms with Crippen molar-refractivity contribution in [2.24, 2.45) is 0 Å². The van der Waals surface area contributed by atoms with Crippen LogP contribution in [0.2, 0.25) is 0 Å². The van der Waals surface area contributed by atoms with Crippen molar-refractivity contribution >= 4 is 29.0 Å². The number of hydrogen-bond acceptors (Lipinski definition) is 4. The highest BCUT2D eigenvalue weighted by Crippen LogP contribution is 2.46. The number of Topliss-reactive ketones (excluding diaryl/α,β-unsaturated/α-hetero) is 1. The SMILES string of the molecule is CC1=CC(C)(C)N2C(=O)C(=O)c3c(/C=C/N4CCN(C)CC4)ccc1c32. The molecule has 5 nitrogen and oxygen atoms in total. The summed E-state index contributed by atoms with van der Waals surface area (Å²) in [6, 6.07) is 3.99. The van der Waals surface area contributed by atoms with Gasteiger partial charge in [-0.3, -0.25) is 14.5 Å². The van der Waals surface area contributed by atoms with Crippen LogP contribution in [-0.4, -0.2) is 60.3 Å². The van der Waals surface area contributed by atoms with Crippen molar-refractivity contribution in [3.8, 4) is 0 Å². The summed E-state index contributed by atoms with van der Waals surface area (Å²) in [4.78, 5) is 31.7. The molecular weight excluding hydrogens is 326 g/mol. The highest BCUT2D eigenvalue weighted by Gasteiger charge is 2.47. The Kier molecular flexibility index (Phi) is 3.81. The van der Waals surface area contributed by atoms with E-state index in [1.54, 1.807) is 4.90 Å². The molecule has 0 atom stereocenters. The fourth-order valence-electron chi connectivity index (χ4n) is 4.22. The average Bonchev–Trinajstić information content (AvgIpc) is 2.86. The van der Waals surface area contributed by atoms with Crippen LogP contribution >= 0.6 is 0 Å². The van der Waals surface area contributed by atoms with Crippen LogP contribution in [0.5, 0.6) is 0 Å². The molecule has 0 bridgehead atoms. The van der Waals surface area contributed by atoms with E-state index in [2.05, 4.69) is 29.1 Å². The second kappa shape index (κ2) is 5.81. The van der Waals surface area contributed by atoms with Gasteiger partial charge in [0.2, 0.25) is 0 Å². The molecule has 136 valence electrons. The molecule has 0 spiro atoms. The van der Waals surface area contributed by atoms with Crippen molar-refractivity contribution in [3.63, 3.8) is 0 Å². The summed E-state index contributed by atoms with van der Waals surface area (Å²) in [5.74, 6) is -0.813. The maximum atomic E-state index is 12.8. The van der Waals surface area contributed by atoms with Gasteiger partial charge in [-0.1, -0.05) is 18.2 Å². The molecule has 1 fully saturated rings. The number of likely N-dealkylation sites (N-methyl/N-ethyl adjacent to an activating group) is 1. The second-order valence-electron chi connectivity index (χ2n) is 8.03. The van der Waals surface area contributed by atoms with Crippen molar-refractivity contribution < 1.29 is 9.59 Å². The van der Waals surface area contributed by atoms with E-state index in [-0.39, 0.29) is 0 Å². The molecule has 1 aromatic rings. The largest absolute Gasteiger partial charge is 0.375 e. The number of allylic oxidation sites excluding steroid dienone is 1. The zero-order valence-corrected chi connectivity index (χ0v) is 15.9. The van der Waals surface area contributed by atoms with Crippen molar-refractivity contribution in [3.05, 3.63) is 41.1 Å². The first-order valence-electron chi connectivity index (χ1n) is 9.16. The van der Waals surface area contributed by atoms with Crippen molar-refractivity contribution in [1.29, 1.82) is 0 Å². The molecule has 1 saturated heterocycles. The van der Waals surface area contributed by atoms with E-state index in [1.165, 1.54) is 0 Å². The summed E-state index contributed by atoms with van der Waals surface area (Å²) >= 11 is 0. The topological polar surface area (TPSA) is 43.9 Å². The quantitative estimate of drug-likeness (QED) is 0.769. The lowest BCUT2D eigenvalue weighted by atomic mass is 9.88. The number of nitrogens with zero attached hydrogens (tertiary/aromatic N) is 3. The highest BCUT2D eigenvalue weighted by molar-refractivity contribution is 6.53. The predicted octanol–water partition coefficient (Wildman–Crippen LogP) is 2.63. The maximum Gasteiger partial charge on any atom is 0.300 e. The van der Waals surface area contributed by atoms with Crippen LogP contribution in [0, 0.1) is 0 Å². The molecule has 26 heavy (non-hydrogen) atoms. The molecular formula is C21H25N3O2.